The molecule has 3 nitrogen and oxygen atoms in total. The molecule has 0 spiro atoms. The molecule has 0 N–H and O–H groups in total. The van der Waals surface area contributed by atoms with E-state index >= 15 is 0 Å². The summed E-state index contributed by atoms with van der Waals surface area (Å²) in [5.41, 5.74) is 1.00. The van der Waals surface area contributed by atoms with Gasteiger partial charge in [0.05, 0.1) is 16.1 Å². The van der Waals surface area contributed by atoms with Crippen LogP contribution in [0.25, 0.3) is 0 Å². The summed E-state index contributed by atoms with van der Waals surface area (Å²) in [6, 6.07) is 12.3. The van der Waals surface area contributed by atoms with E-state index in [1.54, 1.807) is 48.2 Å². The molecule has 0 aromatic heterocycles. The SMILES string of the molecule is O=C1c2ccccc2C(=O)N1CCCCSc1cc(Cl)ccc1Cl. The number of imide groups is 1. The normalized spacial score (nSPS) is 13.5. The molecule has 24 heavy (non-hydrogen) atoms. The van der Waals surface area contributed by atoms with Crippen molar-refractivity contribution >= 4 is 46.8 Å². The molecule has 0 fully saturated rings. The van der Waals surface area contributed by atoms with Crippen molar-refractivity contribution in [3.05, 3.63) is 63.6 Å². The topological polar surface area (TPSA) is 37.4 Å². The van der Waals surface area contributed by atoms with Crippen LogP contribution in [0, 0.1) is 0 Å². The van der Waals surface area contributed by atoms with Crippen LogP contribution < -0.4 is 0 Å². The van der Waals surface area contributed by atoms with E-state index in [9.17, 15) is 9.59 Å². The highest BCUT2D eigenvalue weighted by molar-refractivity contribution is 7.99. The highest BCUT2D eigenvalue weighted by Gasteiger charge is 2.34. The average Bonchev–Trinajstić information content (AvgIpc) is 2.82. The Labute approximate surface area is 154 Å². The van der Waals surface area contributed by atoms with E-state index in [-0.39, 0.29) is 11.8 Å². The average molecular weight is 380 g/mol. The number of hydrogen-bond donors (Lipinski definition) is 0. The minimum absolute atomic E-state index is 0.193. The van der Waals surface area contributed by atoms with Crippen LogP contribution in [0.3, 0.4) is 0 Å². The molecule has 1 aliphatic heterocycles. The van der Waals surface area contributed by atoms with Crippen molar-refractivity contribution in [2.45, 2.75) is 17.7 Å². The Bertz CT molecular complexity index is 759. The van der Waals surface area contributed by atoms with E-state index in [1.165, 1.54) is 4.90 Å². The maximum absolute atomic E-state index is 12.2. The highest BCUT2D eigenvalue weighted by atomic mass is 35.5. The van der Waals surface area contributed by atoms with Crippen LogP contribution in [0.4, 0.5) is 0 Å². The molecule has 1 heterocycles. The van der Waals surface area contributed by atoms with Crippen LogP contribution in [0.1, 0.15) is 33.6 Å². The van der Waals surface area contributed by atoms with Crippen molar-refractivity contribution in [1.82, 2.24) is 4.90 Å². The Morgan fingerprint density at radius 1 is 0.917 bits per heavy atom. The minimum atomic E-state index is -0.193. The van der Waals surface area contributed by atoms with E-state index in [2.05, 4.69) is 0 Å². The van der Waals surface area contributed by atoms with Gasteiger partial charge in [-0.3, -0.25) is 14.5 Å². The maximum Gasteiger partial charge on any atom is 0.261 e. The van der Waals surface area contributed by atoms with E-state index < -0.39 is 0 Å². The summed E-state index contributed by atoms with van der Waals surface area (Å²) in [4.78, 5) is 26.8. The van der Waals surface area contributed by atoms with E-state index in [0.29, 0.717) is 27.7 Å². The maximum atomic E-state index is 12.2. The lowest BCUT2D eigenvalue weighted by Crippen LogP contribution is -2.30. The number of unbranched alkanes of at least 4 members (excludes halogenated alkanes) is 1. The molecule has 1 aliphatic rings. The van der Waals surface area contributed by atoms with Crippen molar-refractivity contribution in [2.75, 3.05) is 12.3 Å². The number of rotatable bonds is 6. The first kappa shape index (κ1) is 17.3. The van der Waals surface area contributed by atoms with Gasteiger partial charge in [-0.2, -0.15) is 0 Å². The van der Waals surface area contributed by atoms with Gasteiger partial charge < -0.3 is 0 Å². The molecule has 2 amide bonds. The molecule has 0 atom stereocenters. The summed E-state index contributed by atoms with van der Waals surface area (Å²) >= 11 is 13.7. The first-order chi connectivity index (χ1) is 11.6. The van der Waals surface area contributed by atoms with Gasteiger partial charge in [0, 0.05) is 16.5 Å². The van der Waals surface area contributed by atoms with Gasteiger partial charge in [0.2, 0.25) is 0 Å². The van der Waals surface area contributed by atoms with Crippen molar-refractivity contribution < 1.29 is 9.59 Å². The quantitative estimate of drug-likeness (QED) is 0.395. The molecule has 2 aromatic rings. The molecule has 124 valence electrons. The molecular formula is C18H15Cl2NO2S. The molecule has 0 saturated carbocycles. The Hall–Kier alpha value is -1.49. The standard InChI is InChI=1S/C18H15Cl2NO2S/c19-12-7-8-15(20)16(11-12)24-10-4-3-9-21-17(22)13-5-1-2-6-14(13)18(21)23/h1-2,5-8,11H,3-4,9-10H2. The van der Waals surface area contributed by atoms with Crippen LogP contribution in [0.2, 0.25) is 10.0 Å². The van der Waals surface area contributed by atoms with Gasteiger partial charge in [-0.05, 0) is 48.9 Å². The fourth-order valence-corrected chi connectivity index (χ4v) is 4.09. The second-order valence-corrected chi connectivity index (χ2v) is 7.42. The van der Waals surface area contributed by atoms with Gasteiger partial charge in [-0.1, -0.05) is 35.3 Å². The molecule has 0 aliphatic carbocycles. The zero-order valence-corrected chi connectivity index (χ0v) is 15.1. The third-order valence-corrected chi connectivity index (χ3v) is 5.62. The van der Waals surface area contributed by atoms with E-state index in [0.717, 1.165) is 23.5 Å². The van der Waals surface area contributed by atoms with Crippen LogP contribution in [-0.4, -0.2) is 29.0 Å². The van der Waals surface area contributed by atoms with Gasteiger partial charge in [0.25, 0.3) is 11.8 Å². The van der Waals surface area contributed by atoms with E-state index in [1.807, 2.05) is 6.07 Å². The monoisotopic (exact) mass is 379 g/mol. The molecule has 0 saturated heterocycles. The second-order valence-electron chi connectivity index (χ2n) is 5.44. The largest absolute Gasteiger partial charge is 0.274 e. The summed E-state index contributed by atoms with van der Waals surface area (Å²) in [7, 11) is 0. The van der Waals surface area contributed by atoms with Gasteiger partial charge in [0.1, 0.15) is 0 Å². The van der Waals surface area contributed by atoms with Crippen molar-refractivity contribution in [2.24, 2.45) is 0 Å². The molecule has 0 bridgehead atoms. The first-order valence-corrected chi connectivity index (χ1v) is 9.35. The predicted octanol–water partition coefficient (Wildman–Crippen LogP) is 5.16. The number of halogens is 2. The summed E-state index contributed by atoms with van der Waals surface area (Å²) in [5, 5.41) is 1.35. The number of nitrogens with zero attached hydrogens (tertiary/aromatic N) is 1. The predicted molar refractivity (Wildman–Crippen MR) is 98.2 cm³/mol. The number of carbonyl (C=O) groups is 2. The Kier molecular flexibility index (Phi) is 5.49. The Morgan fingerprint density at radius 2 is 1.58 bits per heavy atom. The fourth-order valence-electron chi connectivity index (χ4n) is 2.58. The smallest absolute Gasteiger partial charge is 0.261 e. The number of hydrogen-bond acceptors (Lipinski definition) is 3. The third kappa shape index (κ3) is 3.61. The summed E-state index contributed by atoms with van der Waals surface area (Å²) in [5.74, 6) is 0.464. The van der Waals surface area contributed by atoms with E-state index in [4.69, 9.17) is 23.2 Å². The number of carbonyl (C=O) groups excluding carboxylic acids is 2. The van der Waals surface area contributed by atoms with Crippen LogP contribution in [0.5, 0.6) is 0 Å². The summed E-state index contributed by atoms with van der Waals surface area (Å²) in [6.45, 7) is 0.441. The molecule has 0 radical (unpaired) electrons. The number of amides is 2. The fraction of sp³-hybridized carbons (Fsp3) is 0.222. The zero-order chi connectivity index (χ0) is 17.1. The lowest BCUT2D eigenvalue weighted by atomic mass is 10.1. The minimum Gasteiger partial charge on any atom is -0.274 e. The number of thioether (sulfide) groups is 1. The van der Waals surface area contributed by atoms with Crippen LogP contribution in [0.15, 0.2) is 47.4 Å². The molecule has 2 aromatic carbocycles. The van der Waals surface area contributed by atoms with Crippen molar-refractivity contribution in [1.29, 1.82) is 0 Å². The summed E-state index contributed by atoms with van der Waals surface area (Å²) in [6.07, 6.45) is 1.64. The second kappa shape index (κ2) is 7.60. The third-order valence-electron chi connectivity index (χ3n) is 3.81. The van der Waals surface area contributed by atoms with Gasteiger partial charge in [0.15, 0.2) is 0 Å². The Balaban J connectivity index is 1.49. The zero-order valence-electron chi connectivity index (χ0n) is 12.8. The molecular weight excluding hydrogens is 365 g/mol. The van der Waals surface area contributed by atoms with Crippen LogP contribution >= 0.6 is 35.0 Å². The van der Waals surface area contributed by atoms with Crippen molar-refractivity contribution in [3.63, 3.8) is 0 Å². The van der Waals surface area contributed by atoms with Gasteiger partial charge in [-0.25, -0.2) is 0 Å². The van der Waals surface area contributed by atoms with Crippen molar-refractivity contribution in [3.8, 4) is 0 Å². The van der Waals surface area contributed by atoms with Gasteiger partial charge >= 0.3 is 0 Å². The lowest BCUT2D eigenvalue weighted by molar-refractivity contribution is 0.0652. The van der Waals surface area contributed by atoms with Crippen LogP contribution in [-0.2, 0) is 0 Å². The lowest BCUT2D eigenvalue weighted by Gasteiger charge is -2.13. The first-order valence-electron chi connectivity index (χ1n) is 7.61. The van der Waals surface area contributed by atoms with Gasteiger partial charge in [-0.15, -0.1) is 11.8 Å². The number of benzene rings is 2. The molecule has 3 rings (SSSR count). The highest BCUT2D eigenvalue weighted by Crippen LogP contribution is 2.30. The molecule has 6 heteroatoms. The molecule has 0 unspecified atom stereocenters. The summed E-state index contributed by atoms with van der Waals surface area (Å²) < 4.78 is 0. The number of fused-ring (bicyclic) bond motifs is 1. The Morgan fingerprint density at radius 3 is 2.25 bits per heavy atom.